The first-order chi connectivity index (χ1) is 13.9. The first-order valence-electron chi connectivity index (χ1n) is 9.25. The SMILES string of the molecule is O=C(NCCC(=O)N1CCN(c2cccc([N+](=O)[O-])c2)CC1)c1ccc(Cl)cc1. The third kappa shape index (κ3) is 5.45. The van der Waals surface area contributed by atoms with Crippen LogP contribution in [0.25, 0.3) is 0 Å². The van der Waals surface area contributed by atoms with Crippen LogP contribution in [-0.4, -0.2) is 54.4 Å². The maximum Gasteiger partial charge on any atom is 0.271 e. The van der Waals surface area contributed by atoms with Gasteiger partial charge in [0.15, 0.2) is 0 Å². The van der Waals surface area contributed by atoms with Crippen LogP contribution in [0.15, 0.2) is 48.5 Å². The fourth-order valence-corrected chi connectivity index (χ4v) is 3.29. The van der Waals surface area contributed by atoms with E-state index in [0.717, 1.165) is 5.69 Å². The highest BCUT2D eigenvalue weighted by Crippen LogP contribution is 2.22. The van der Waals surface area contributed by atoms with Crippen molar-refractivity contribution in [2.24, 2.45) is 0 Å². The van der Waals surface area contributed by atoms with Gasteiger partial charge in [0.05, 0.1) is 4.92 Å². The maximum atomic E-state index is 12.4. The molecule has 0 atom stereocenters. The van der Waals surface area contributed by atoms with E-state index in [1.807, 2.05) is 11.0 Å². The van der Waals surface area contributed by atoms with Gasteiger partial charge in [-0.2, -0.15) is 0 Å². The molecule has 0 unspecified atom stereocenters. The van der Waals surface area contributed by atoms with Crippen LogP contribution in [-0.2, 0) is 4.79 Å². The molecule has 0 aliphatic carbocycles. The second kappa shape index (κ2) is 9.38. The van der Waals surface area contributed by atoms with Crippen molar-refractivity contribution in [3.8, 4) is 0 Å². The Morgan fingerprint density at radius 3 is 2.41 bits per heavy atom. The van der Waals surface area contributed by atoms with E-state index in [0.29, 0.717) is 36.8 Å². The van der Waals surface area contributed by atoms with Crippen LogP contribution < -0.4 is 10.2 Å². The molecule has 0 saturated carbocycles. The van der Waals surface area contributed by atoms with Crippen LogP contribution in [0.1, 0.15) is 16.8 Å². The molecule has 1 saturated heterocycles. The fraction of sp³-hybridized carbons (Fsp3) is 0.300. The maximum absolute atomic E-state index is 12.4. The zero-order valence-corrected chi connectivity index (χ0v) is 16.5. The number of hydrogen-bond donors (Lipinski definition) is 1. The number of carbonyl (C=O) groups is 2. The summed E-state index contributed by atoms with van der Waals surface area (Å²) in [5.74, 6) is -0.273. The van der Waals surface area contributed by atoms with Gasteiger partial charge >= 0.3 is 0 Å². The lowest BCUT2D eigenvalue weighted by atomic mass is 10.2. The Hall–Kier alpha value is -3.13. The Morgan fingerprint density at radius 1 is 1.07 bits per heavy atom. The van der Waals surface area contributed by atoms with Gasteiger partial charge in [-0.3, -0.25) is 19.7 Å². The van der Waals surface area contributed by atoms with Crippen molar-refractivity contribution in [2.45, 2.75) is 6.42 Å². The van der Waals surface area contributed by atoms with Gasteiger partial charge < -0.3 is 15.1 Å². The number of benzene rings is 2. The molecular weight excluding hydrogens is 396 g/mol. The molecule has 29 heavy (non-hydrogen) atoms. The molecule has 2 aromatic carbocycles. The number of anilines is 1. The lowest BCUT2D eigenvalue weighted by Gasteiger charge is -2.36. The number of hydrogen-bond acceptors (Lipinski definition) is 5. The van der Waals surface area contributed by atoms with Crippen molar-refractivity contribution in [1.82, 2.24) is 10.2 Å². The largest absolute Gasteiger partial charge is 0.368 e. The minimum atomic E-state index is -0.415. The predicted molar refractivity (Wildman–Crippen MR) is 110 cm³/mol. The molecule has 0 aromatic heterocycles. The van der Waals surface area contributed by atoms with Crippen LogP contribution in [0.5, 0.6) is 0 Å². The summed E-state index contributed by atoms with van der Waals surface area (Å²) < 4.78 is 0. The zero-order valence-electron chi connectivity index (χ0n) is 15.7. The van der Waals surface area contributed by atoms with Gasteiger partial charge in [0.25, 0.3) is 11.6 Å². The van der Waals surface area contributed by atoms with Crippen molar-refractivity contribution in [2.75, 3.05) is 37.6 Å². The van der Waals surface area contributed by atoms with Crippen molar-refractivity contribution >= 4 is 34.8 Å². The van der Waals surface area contributed by atoms with E-state index < -0.39 is 4.92 Å². The van der Waals surface area contributed by atoms with Crippen LogP contribution in [0, 0.1) is 10.1 Å². The first kappa shape index (κ1) is 20.6. The van der Waals surface area contributed by atoms with Crippen LogP contribution in [0.3, 0.4) is 0 Å². The van der Waals surface area contributed by atoms with E-state index in [1.54, 1.807) is 41.3 Å². The summed E-state index contributed by atoms with van der Waals surface area (Å²) in [7, 11) is 0. The zero-order chi connectivity index (χ0) is 20.8. The van der Waals surface area contributed by atoms with E-state index in [9.17, 15) is 19.7 Å². The molecule has 9 heteroatoms. The molecule has 0 bridgehead atoms. The number of nitro groups is 1. The summed E-state index contributed by atoms with van der Waals surface area (Å²) in [6, 6.07) is 13.0. The van der Waals surface area contributed by atoms with Gasteiger partial charge in [-0.15, -0.1) is 0 Å². The Balaban J connectivity index is 1.44. The number of nitrogens with one attached hydrogen (secondary N) is 1. The highest BCUT2D eigenvalue weighted by atomic mass is 35.5. The number of carbonyl (C=O) groups excluding carboxylic acids is 2. The predicted octanol–water partition coefficient (Wildman–Crippen LogP) is 2.72. The van der Waals surface area contributed by atoms with Gasteiger partial charge in [0, 0.05) is 67.6 Å². The molecule has 3 rings (SSSR count). The van der Waals surface area contributed by atoms with Crippen LogP contribution in [0.4, 0.5) is 11.4 Å². The fourth-order valence-electron chi connectivity index (χ4n) is 3.16. The smallest absolute Gasteiger partial charge is 0.271 e. The number of halogens is 1. The number of amides is 2. The molecular formula is C20H21ClN4O4. The molecule has 0 radical (unpaired) electrons. The van der Waals surface area contributed by atoms with Crippen LogP contribution >= 0.6 is 11.6 Å². The van der Waals surface area contributed by atoms with Gasteiger partial charge in [-0.1, -0.05) is 17.7 Å². The molecule has 1 heterocycles. The lowest BCUT2D eigenvalue weighted by Crippen LogP contribution is -2.49. The average molecular weight is 417 g/mol. The molecule has 1 aliphatic heterocycles. The van der Waals surface area contributed by atoms with Crippen molar-refractivity contribution in [3.05, 3.63) is 69.2 Å². The van der Waals surface area contributed by atoms with E-state index in [1.165, 1.54) is 6.07 Å². The summed E-state index contributed by atoms with van der Waals surface area (Å²) in [4.78, 5) is 38.7. The molecule has 0 spiro atoms. The van der Waals surface area contributed by atoms with Gasteiger partial charge in [-0.25, -0.2) is 0 Å². The number of non-ortho nitro benzene ring substituents is 1. The Kier molecular flexibility index (Phi) is 6.66. The van der Waals surface area contributed by atoms with Gasteiger partial charge in [0.1, 0.15) is 0 Å². The average Bonchev–Trinajstić information content (AvgIpc) is 2.74. The Bertz CT molecular complexity index is 896. The molecule has 152 valence electrons. The molecule has 1 aliphatic rings. The number of nitro benzene ring substituents is 1. The number of nitrogens with zero attached hydrogens (tertiary/aromatic N) is 3. The lowest BCUT2D eigenvalue weighted by molar-refractivity contribution is -0.384. The monoisotopic (exact) mass is 416 g/mol. The summed E-state index contributed by atoms with van der Waals surface area (Å²) >= 11 is 5.80. The second-order valence-electron chi connectivity index (χ2n) is 6.66. The first-order valence-corrected chi connectivity index (χ1v) is 9.63. The third-order valence-electron chi connectivity index (χ3n) is 4.77. The topological polar surface area (TPSA) is 95.8 Å². The summed E-state index contributed by atoms with van der Waals surface area (Å²) in [5.41, 5.74) is 1.33. The molecule has 1 N–H and O–H groups in total. The Labute approximate surface area is 173 Å². The minimum Gasteiger partial charge on any atom is -0.368 e. The number of piperazine rings is 1. The van der Waals surface area contributed by atoms with E-state index >= 15 is 0 Å². The van der Waals surface area contributed by atoms with Crippen LogP contribution in [0.2, 0.25) is 5.02 Å². The highest BCUT2D eigenvalue weighted by Gasteiger charge is 2.22. The van der Waals surface area contributed by atoms with Gasteiger partial charge in [-0.05, 0) is 30.3 Å². The molecule has 2 amide bonds. The summed E-state index contributed by atoms with van der Waals surface area (Å²) in [5, 5.41) is 14.2. The summed E-state index contributed by atoms with van der Waals surface area (Å²) in [6.07, 6.45) is 0.218. The molecule has 1 fully saturated rings. The van der Waals surface area contributed by atoms with Gasteiger partial charge in [0.2, 0.25) is 5.91 Å². The highest BCUT2D eigenvalue weighted by molar-refractivity contribution is 6.30. The standard InChI is InChI=1S/C20H21ClN4O4/c21-16-6-4-15(5-7-16)20(27)22-9-8-19(26)24-12-10-23(11-13-24)17-2-1-3-18(14-17)25(28)29/h1-7,14H,8-13H2,(H,22,27). The van der Waals surface area contributed by atoms with E-state index in [-0.39, 0.29) is 30.5 Å². The molecule has 8 nitrogen and oxygen atoms in total. The minimum absolute atomic E-state index is 0.0277. The molecule has 2 aromatic rings. The van der Waals surface area contributed by atoms with E-state index in [4.69, 9.17) is 11.6 Å². The Morgan fingerprint density at radius 2 is 1.76 bits per heavy atom. The third-order valence-corrected chi connectivity index (χ3v) is 5.02. The second-order valence-corrected chi connectivity index (χ2v) is 7.09. The van der Waals surface area contributed by atoms with Crippen molar-refractivity contribution < 1.29 is 14.5 Å². The quantitative estimate of drug-likeness (QED) is 0.577. The van der Waals surface area contributed by atoms with Crippen molar-refractivity contribution in [1.29, 1.82) is 0 Å². The summed E-state index contributed by atoms with van der Waals surface area (Å²) in [6.45, 7) is 2.53. The number of rotatable bonds is 6. The van der Waals surface area contributed by atoms with Crippen molar-refractivity contribution in [3.63, 3.8) is 0 Å². The van der Waals surface area contributed by atoms with E-state index in [2.05, 4.69) is 5.32 Å². The normalized spacial score (nSPS) is 13.8.